The van der Waals surface area contributed by atoms with Gasteiger partial charge in [-0.05, 0) is 26.7 Å². The lowest BCUT2D eigenvalue weighted by Gasteiger charge is -2.36. The van der Waals surface area contributed by atoms with Gasteiger partial charge in [0.1, 0.15) is 0 Å². The summed E-state index contributed by atoms with van der Waals surface area (Å²) >= 11 is 0. The average Bonchev–Trinajstić information content (AvgIpc) is 3.09. The van der Waals surface area contributed by atoms with Crippen molar-refractivity contribution >= 4 is 30.7 Å². The van der Waals surface area contributed by atoms with Crippen LogP contribution in [0.5, 0.6) is 0 Å². The summed E-state index contributed by atoms with van der Waals surface area (Å²) in [4.78, 5) is 14.2. The molecule has 0 aromatic carbocycles. The third kappa shape index (κ3) is 4.76. The van der Waals surface area contributed by atoms with Gasteiger partial charge in [-0.3, -0.25) is 9.69 Å². The van der Waals surface area contributed by atoms with Crippen molar-refractivity contribution in [3.63, 3.8) is 0 Å². The number of hydrogen-bond acceptors (Lipinski definition) is 4. The van der Waals surface area contributed by atoms with Gasteiger partial charge in [-0.25, -0.2) is 0 Å². The zero-order valence-electron chi connectivity index (χ0n) is 11.6. The van der Waals surface area contributed by atoms with Crippen LogP contribution in [0.2, 0.25) is 0 Å². The quantitative estimate of drug-likeness (QED) is 0.795. The molecule has 1 aliphatic heterocycles. The molecule has 2 aliphatic rings. The van der Waals surface area contributed by atoms with Crippen LogP contribution in [0.4, 0.5) is 0 Å². The normalized spacial score (nSPS) is 24.4. The van der Waals surface area contributed by atoms with Gasteiger partial charge in [0.05, 0.1) is 18.8 Å². The zero-order valence-corrected chi connectivity index (χ0v) is 13.2. The van der Waals surface area contributed by atoms with Crippen molar-refractivity contribution in [2.75, 3.05) is 26.3 Å². The standard InChI is InChI=1S/C12H23N3O2.2ClH/c1-9(14-11(16)12(13)3-4-12)10(2)15-5-7-17-8-6-15;;/h9-10H,3-8,13H2,1-2H3,(H,14,16);2*1H. The van der Waals surface area contributed by atoms with Crippen molar-refractivity contribution < 1.29 is 9.53 Å². The van der Waals surface area contributed by atoms with E-state index in [1.807, 2.05) is 6.92 Å². The summed E-state index contributed by atoms with van der Waals surface area (Å²) in [5, 5.41) is 3.03. The molecule has 0 radical (unpaired) electrons. The van der Waals surface area contributed by atoms with Crippen LogP contribution in [0.3, 0.4) is 0 Å². The maximum atomic E-state index is 11.8. The molecule has 0 aromatic rings. The first kappa shape index (κ1) is 18.9. The lowest BCUT2D eigenvalue weighted by atomic mass is 10.1. The first-order valence-electron chi connectivity index (χ1n) is 6.44. The van der Waals surface area contributed by atoms with E-state index in [1.54, 1.807) is 0 Å². The molecule has 2 fully saturated rings. The molecule has 1 amide bonds. The van der Waals surface area contributed by atoms with E-state index < -0.39 is 5.54 Å². The number of ether oxygens (including phenoxy) is 1. The second-order valence-corrected chi connectivity index (χ2v) is 5.31. The molecule has 1 heterocycles. The first-order valence-corrected chi connectivity index (χ1v) is 6.44. The van der Waals surface area contributed by atoms with Crippen molar-refractivity contribution in [2.24, 2.45) is 5.73 Å². The fourth-order valence-electron chi connectivity index (χ4n) is 2.13. The summed E-state index contributed by atoms with van der Waals surface area (Å²) in [6.07, 6.45) is 1.63. The minimum atomic E-state index is -0.570. The summed E-state index contributed by atoms with van der Waals surface area (Å²) in [5.41, 5.74) is 5.30. The molecular formula is C12H25Cl2N3O2. The maximum Gasteiger partial charge on any atom is 0.240 e. The molecule has 1 saturated carbocycles. The van der Waals surface area contributed by atoms with Crippen LogP contribution in [0, 0.1) is 0 Å². The second-order valence-electron chi connectivity index (χ2n) is 5.31. The predicted molar refractivity (Wildman–Crippen MR) is 80.1 cm³/mol. The number of carbonyl (C=O) groups is 1. The number of morpholine rings is 1. The Bertz CT molecular complexity index is 295. The van der Waals surface area contributed by atoms with Crippen molar-refractivity contribution in [1.29, 1.82) is 0 Å². The lowest BCUT2D eigenvalue weighted by molar-refractivity contribution is -0.124. The Balaban J connectivity index is 0.00000162. The van der Waals surface area contributed by atoms with Gasteiger partial charge in [0.15, 0.2) is 0 Å². The molecule has 2 rings (SSSR count). The van der Waals surface area contributed by atoms with Crippen LogP contribution in [-0.2, 0) is 9.53 Å². The number of carbonyl (C=O) groups excluding carboxylic acids is 1. The Labute approximate surface area is 127 Å². The molecule has 1 aliphatic carbocycles. The van der Waals surface area contributed by atoms with Gasteiger partial charge in [-0.2, -0.15) is 0 Å². The van der Waals surface area contributed by atoms with E-state index in [0.717, 1.165) is 39.1 Å². The Hall–Kier alpha value is -0.0700. The topological polar surface area (TPSA) is 67.6 Å². The number of amides is 1. The third-order valence-corrected chi connectivity index (χ3v) is 3.94. The molecule has 0 aromatic heterocycles. The van der Waals surface area contributed by atoms with E-state index in [0.29, 0.717) is 6.04 Å². The average molecular weight is 314 g/mol. The van der Waals surface area contributed by atoms with Crippen molar-refractivity contribution in [1.82, 2.24) is 10.2 Å². The largest absolute Gasteiger partial charge is 0.379 e. The van der Waals surface area contributed by atoms with E-state index in [2.05, 4.69) is 17.1 Å². The Morgan fingerprint density at radius 1 is 1.26 bits per heavy atom. The molecule has 5 nitrogen and oxygen atoms in total. The second kappa shape index (κ2) is 7.64. The van der Waals surface area contributed by atoms with Gasteiger partial charge in [0.25, 0.3) is 0 Å². The number of rotatable bonds is 4. The summed E-state index contributed by atoms with van der Waals surface area (Å²) < 4.78 is 5.33. The molecule has 0 spiro atoms. The van der Waals surface area contributed by atoms with Gasteiger partial charge in [-0.1, -0.05) is 0 Å². The van der Waals surface area contributed by atoms with Gasteiger partial charge in [-0.15, -0.1) is 24.8 Å². The zero-order chi connectivity index (χ0) is 12.5. The van der Waals surface area contributed by atoms with Crippen LogP contribution in [0.1, 0.15) is 26.7 Å². The molecule has 7 heteroatoms. The highest BCUT2D eigenvalue weighted by Gasteiger charge is 2.46. The van der Waals surface area contributed by atoms with Crippen molar-refractivity contribution in [2.45, 2.75) is 44.3 Å². The van der Waals surface area contributed by atoms with Crippen molar-refractivity contribution in [3.8, 4) is 0 Å². The van der Waals surface area contributed by atoms with Crippen LogP contribution in [0.25, 0.3) is 0 Å². The van der Waals surface area contributed by atoms with Crippen LogP contribution in [0.15, 0.2) is 0 Å². The lowest BCUT2D eigenvalue weighted by Crippen LogP contribution is -2.55. The molecule has 19 heavy (non-hydrogen) atoms. The van der Waals surface area contributed by atoms with E-state index in [1.165, 1.54) is 0 Å². The van der Waals surface area contributed by atoms with E-state index >= 15 is 0 Å². The monoisotopic (exact) mass is 313 g/mol. The van der Waals surface area contributed by atoms with Crippen LogP contribution >= 0.6 is 24.8 Å². The summed E-state index contributed by atoms with van der Waals surface area (Å²) in [5.74, 6) is 0.00473. The SMILES string of the molecule is CC(NC(=O)C1(N)CC1)C(C)N1CCOCC1.Cl.Cl. The van der Waals surface area contributed by atoms with Crippen LogP contribution < -0.4 is 11.1 Å². The smallest absolute Gasteiger partial charge is 0.240 e. The molecule has 2 unspecified atom stereocenters. The minimum Gasteiger partial charge on any atom is -0.379 e. The highest BCUT2D eigenvalue weighted by molar-refractivity contribution is 5.89. The van der Waals surface area contributed by atoms with E-state index in [-0.39, 0.29) is 36.8 Å². The number of nitrogens with one attached hydrogen (secondary N) is 1. The van der Waals surface area contributed by atoms with Gasteiger partial charge in [0, 0.05) is 25.2 Å². The molecule has 1 saturated heterocycles. The molecule has 2 atom stereocenters. The van der Waals surface area contributed by atoms with Gasteiger partial charge < -0.3 is 15.8 Å². The predicted octanol–water partition coefficient (Wildman–Crippen LogP) is 0.547. The van der Waals surface area contributed by atoms with Crippen LogP contribution in [-0.4, -0.2) is 54.7 Å². The first-order chi connectivity index (χ1) is 8.03. The Morgan fingerprint density at radius 3 is 2.26 bits per heavy atom. The number of nitrogens with zero attached hydrogens (tertiary/aromatic N) is 1. The Morgan fingerprint density at radius 2 is 1.79 bits per heavy atom. The third-order valence-electron chi connectivity index (χ3n) is 3.94. The summed E-state index contributed by atoms with van der Waals surface area (Å²) in [6.45, 7) is 7.64. The summed E-state index contributed by atoms with van der Waals surface area (Å²) in [6, 6.07) is 0.451. The number of halogens is 2. The maximum absolute atomic E-state index is 11.8. The highest BCUT2D eigenvalue weighted by Crippen LogP contribution is 2.32. The molecule has 0 bridgehead atoms. The fourth-order valence-corrected chi connectivity index (χ4v) is 2.13. The Kier molecular flexibility index (Phi) is 7.62. The van der Waals surface area contributed by atoms with Crippen molar-refractivity contribution in [3.05, 3.63) is 0 Å². The molecular weight excluding hydrogens is 289 g/mol. The number of hydrogen-bond donors (Lipinski definition) is 2. The molecule has 114 valence electrons. The minimum absolute atomic E-state index is 0. The summed E-state index contributed by atoms with van der Waals surface area (Å²) in [7, 11) is 0. The number of nitrogens with two attached hydrogens (primary N) is 1. The van der Waals surface area contributed by atoms with E-state index in [4.69, 9.17) is 10.5 Å². The highest BCUT2D eigenvalue weighted by atomic mass is 35.5. The van der Waals surface area contributed by atoms with Gasteiger partial charge >= 0.3 is 0 Å². The van der Waals surface area contributed by atoms with E-state index in [9.17, 15) is 4.79 Å². The van der Waals surface area contributed by atoms with Gasteiger partial charge in [0.2, 0.25) is 5.91 Å². The fraction of sp³-hybridized carbons (Fsp3) is 0.917. The molecule has 3 N–H and O–H groups in total.